The SMILES string of the molecule is C=Cc1ccc(C2=CCCC=C2)cc1C1=[N+](C)C(CCCC)=CCC1. The summed E-state index contributed by atoms with van der Waals surface area (Å²) in [5.41, 5.74) is 8.16. The van der Waals surface area contributed by atoms with E-state index in [-0.39, 0.29) is 0 Å². The van der Waals surface area contributed by atoms with Crippen LogP contribution in [0.1, 0.15) is 68.6 Å². The average Bonchev–Trinajstić information content (AvgIpc) is 2.67. The standard InChI is InChI=1S/C24H30N/c1-4-6-13-22-14-10-15-24(25(22)3)23-18-21(17-16-19(23)5-2)20-11-8-7-9-12-20/h5,8,11-12,14,16-18H,2,4,6-7,9-10,13,15H2,1,3H3/q+1. The Morgan fingerprint density at radius 3 is 2.76 bits per heavy atom. The fraction of sp³-hybridized carbons (Fsp3) is 0.375. The number of allylic oxidation sites excluding steroid dienone is 6. The van der Waals surface area contributed by atoms with Crippen LogP contribution < -0.4 is 0 Å². The van der Waals surface area contributed by atoms with E-state index < -0.39 is 0 Å². The van der Waals surface area contributed by atoms with Crippen LogP contribution in [0.15, 0.2) is 54.8 Å². The van der Waals surface area contributed by atoms with Crippen LogP contribution >= 0.6 is 0 Å². The normalized spacial score (nSPS) is 17.4. The molecule has 0 bridgehead atoms. The van der Waals surface area contributed by atoms with E-state index in [1.165, 1.54) is 52.9 Å². The Hall–Kier alpha value is -2.15. The molecular formula is C24H30N+. The Kier molecular flexibility index (Phi) is 5.86. The van der Waals surface area contributed by atoms with E-state index in [1.807, 2.05) is 6.08 Å². The van der Waals surface area contributed by atoms with Gasteiger partial charge in [-0.25, -0.2) is 4.58 Å². The maximum Gasteiger partial charge on any atom is 0.189 e. The second-order valence-electron chi connectivity index (χ2n) is 6.99. The molecule has 0 saturated carbocycles. The summed E-state index contributed by atoms with van der Waals surface area (Å²) in [6.45, 7) is 6.31. The fourth-order valence-electron chi connectivity index (χ4n) is 3.79. The molecular weight excluding hydrogens is 302 g/mol. The summed E-state index contributed by atoms with van der Waals surface area (Å²) < 4.78 is 2.43. The van der Waals surface area contributed by atoms with Crippen LogP contribution in [0.2, 0.25) is 0 Å². The maximum atomic E-state index is 4.05. The van der Waals surface area contributed by atoms with Gasteiger partial charge in [0.25, 0.3) is 0 Å². The maximum absolute atomic E-state index is 4.05. The van der Waals surface area contributed by atoms with Gasteiger partial charge in [-0.1, -0.05) is 56.4 Å². The van der Waals surface area contributed by atoms with Crippen LogP contribution in [0.25, 0.3) is 11.6 Å². The molecule has 0 fully saturated rings. The van der Waals surface area contributed by atoms with Crippen molar-refractivity contribution >= 4 is 17.4 Å². The molecule has 3 rings (SSSR count). The second kappa shape index (κ2) is 8.29. The lowest BCUT2D eigenvalue weighted by atomic mass is 9.91. The molecule has 0 N–H and O–H groups in total. The van der Waals surface area contributed by atoms with E-state index in [4.69, 9.17) is 0 Å². The third kappa shape index (κ3) is 3.92. The van der Waals surface area contributed by atoms with Gasteiger partial charge in [0.1, 0.15) is 7.05 Å². The number of unbranched alkanes of at least 4 members (excludes halogenated alkanes) is 1. The predicted molar refractivity (Wildman–Crippen MR) is 110 cm³/mol. The van der Waals surface area contributed by atoms with Crippen LogP contribution in [0.4, 0.5) is 0 Å². The first kappa shape index (κ1) is 17.7. The van der Waals surface area contributed by atoms with Crippen molar-refractivity contribution in [3.05, 3.63) is 71.5 Å². The zero-order valence-corrected chi connectivity index (χ0v) is 15.7. The van der Waals surface area contributed by atoms with E-state index in [9.17, 15) is 0 Å². The molecule has 0 unspecified atom stereocenters. The van der Waals surface area contributed by atoms with Crippen molar-refractivity contribution in [1.82, 2.24) is 0 Å². The van der Waals surface area contributed by atoms with Crippen molar-refractivity contribution in [2.24, 2.45) is 0 Å². The van der Waals surface area contributed by atoms with Crippen molar-refractivity contribution in [2.45, 2.75) is 51.9 Å². The number of rotatable bonds is 6. The summed E-state index contributed by atoms with van der Waals surface area (Å²) in [7, 11) is 2.23. The quantitative estimate of drug-likeness (QED) is 0.533. The highest BCUT2D eigenvalue weighted by Crippen LogP contribution is 2.27. The largest absolute Gasteiger partial charge is 0.202 e. The van der Waals surface area contributed by atoms with Crippen LogP contribution in [0.3, 0.4) is 0 Å². The molecule has 2 aliphatic rings. The molecule has 1 heteroatoms. The molecule has 1 aromatic carbocycles. The first-order valence-corrected chi connectivity index (χ1v) is 9.67. The van der Waals surface area contributed by atoms with Gasteiger partial charge in [0, 0.05) is 18.4 Å². The van der Waals surface area contributed by atoms with Crippen molar-refractivity contribution in [1.29, 1.82) is 0 Å². The van der Waals surface area contributed by atoms with Gasteiger partial charge in [-0.2, -0.15) is 0 Å². The molecule has 0 aromatic heterocycles. The smallest absolute Gasteiger partial charge is 0.189 e. The van der Waals surface area contributed by atoms with E-state index in [0.717, 1.165) is 25.7 Å². The summed E-state index contributed by atoms with van der Waals surface area (Å²) >= 11 is 0. The van der Waals surface area contributed by atoms with Gasteiger partial charge in [-0.3, -0.25) is 0 Å². The molecule has 1 nitrogen and oxygen atoms in total. The summed E-state index contributed by atoms with van der Waals surface area (Å²) in [5, 5.41) is 0. The van der Waals surface area contributed by atoms with Gasteiger partial charge in [0.15, 0.2) is 11.4 Å². The topological polar surface area (TPSA) is 3.01 Å². The van der Waals surface area contributed by atoms with Gasteiger partial charge in [-0.15, -0.1) is 0 Å². The Balaban J connectivity index is 2.02. The number of nitrogens with zero attached hydrogens (tertiary/aromatic N) is 1. The molecule has 0 radical (unpaired) electrons. The van der Waals surface area contributed by atoms with E-state index in [0.29, 0.717) is 0 Å². The summed E-state index contributed by atoms with van der Waals surface area (Å²) in [4.78, 5) is 0. The minimum absolute atomic E-state index is 1.10. The lowest BCUT2D eigenvalue weighted by molar-refractivity contribution is -0.449. The van der Waals surface area contributed by atoms with Gasteiger partial charge >= 0.3 is 0 Å². The monoisotopic (exact) mass is 332 g/mol. The molecule has 130 valence electrons. The third-order valence-electron chi connectivity index (χ3n) is 5.30. The Morgan fingerprint density at radius 1 is 1.16 bits per heavy atom. The molecule has 1 heterocycles. The highest BCUT2D eigenvalue weighted by atomic mass is 15.0. The van der Waals surface area contributed by atoms with Crippen LogP contribution in [0, 0.1) is 0 Å². The highest BCUT2D eigenvalue weighted by molar-refractivity contribution is 6.01. The van der Waals surface area contributed by atoms with Crippen molar-refractivity contribution < 1.29 is 4.58 Å². The molecule has 0 atom stereocenters. The first-order valence-electron chi connectivity index (χ1n) is 9.67. The lowest BCUT2D eigenvalue weighted by Crippen LogP contribution is -2.22. The van der Waals surface area contributed by atoms with Crippen LogP contribution in [-0.2, 0) is 0 Å². The van der Waals surface area contributed by atoms with Crippen LogP contribution in [-0.4, -0.2) is 17.3 Å². The average molecular weight is 333 g/mol. The molecule has 0 amide bonds. The highest BCUT2D eigenvalue weighted by Gasteiger charge is 2.23. The van der Waals surface area contributed by atoms with Crippen LogP contribution in [0.5, 0.6) is 0 Å². The molecule has 0 saturated heterocycles. The lowest BCUT2D eigenvalue weighted by Gasteiger charge is -2.16. The zero-order chi connectivity index (χ0) is 17.6. The zero-order valence-electron chi connectivity index (χ0n) is 15.7. The predicted octanol–water partition coefficient (Wildman–Crippen LogP) is 6.36. The van der Waals surface area contributed by atoms with Gasteiger partial charge in [0.05, 0.1) is 0 Å². The Labute approximate surface area is 152 Å². The molecule has 1 aliphatic heterocycles. The third-order valence-corrected chi connectivity index (χ3v) is 5.30. The van der Waals surface area contributed by atoms with Gasteiger partial charge in [0.2, 0.25) is 0 Å². The first-order chi connectivity index (χ1) is 12.2. The number of hydrogen-bond donors (Lipinski definition) is 0. The van der Waals surface area contributed by atoms with Crippen molar-refractivity contribution in [3.63, 3.8) is 0 Å². The van der Waals surface area contributed by atoms with E-state index in [1.54, 1.807) is 0 Å². The Morgan fingerprint density at radius 2 is 2.04 bits per heavy atom. The van der Waals surface area contributed by atoms with Crippen molar-refractivity contribution in [2.75, 3.05) is 7.05 Å². The molecule has 0 spiro atoms. The van der Waals surface area contributed by atoms with Gasteiger partial charge in [-0.05, 0) is 54.5 Å². The van der Waals surface area contributed by atoms with E-state index in [2.05, 4.69) is 67.6 Å². The Bertz CT molecular complexity index is 771. The summed E-state index contributed by atoms with van der Waals surface area (Å²) in [5.74, 6) is 0. The van der Waals surface area contributed by atoms with E-state index >= 15 is 0 Å². The summed E-state index contributed by atoms with van der Waals surface area (Å²) in [6, 6.07) is 6.83. The number of hydrogen-bond acceptors (Lipinski definition) is 0. The number of benzene rings is 1. The molecule has 1 aromatic rings. The minimum atomic E-state index is 1.10. The van der Waals surface area contributed by atoms with Gasteiger partial charge < -0.3 is 0 Å². The van der Waals surface area contributed by atoms with Crippen molar-refractivity contribution in [3.8, 4) is 0 Å². The molecule has 25 heavy (non-hydrogen) atoms. The fourth-order valence-corrected chi connectivity index (χ4v) is 3.79. The summed E-state index contributed by atoms with van der Waals surface area (Å²) in [6.07, 6.45) is 19.5. The second-order valence-corrected chi connectivity index (χ2v) is 6.99. The molecule has 1 aliphatic carbocycles. The minimum Gasteiger partial charge on any atom is -0.202 e.